The number of benzene rings is 1. The molecule has 2 saturated heterocycles. The Morgan fingerprint density at radius 1 is 1.05 bits per heavy atom. The summed E-state index contributed by atoms with van der Waals surface area (Å²) in [5.74, 6) is -1.92. The minimum atomic E-state index is -1.56. The Morgan fingerprint density at radius 3 is 2.33 bits per heavy atom. The Bertz CT molecular complexity index is 1180. The zero-order valence-electron chi connectivity index (χ0n) is 24.7. The van der Waals surface area contributed by atoms with Crippen molar-refractivity contribution in [3.05, 3.63) is 41.5 Å². The van der Waals surface area contributed by atoms with Gasteiger partial charge in [0, 0.05) is 13.1 Å². The molecular weight excluding hydrogens is 560 g/mol. The summed E-state index contributed by atoms with van der Waals surface area (Å²) >= 11 is 0. The number of methoxy groups -OCH3 is 1. The number of rotatable bonds is 15. The molecule has 1 aromatic carbocycles. The lowest BCUT2D eigenvalue weighted by Gasteiger charge is -2.29. The highest BCUT2D eigenvalue weighted by Crippen LogP contribution is 2.31. The maximum Gasteiger partial charge on any atom is 0.246 e. The van der Waals surface area contributed by atoms with Crippen molar-refractivity contribution in [2.45, 2.75) is 62.4 Å². The molecule has 0 saturated carbocycles. The van der Waals surface area contributed by atoms with Crippen LogP contribution in [0.25, 0.3) is 0 Å². The molecular formula is C30H42N4O9. The number of ether oxygens (including phenoxy) is 3. The van der Waals surface area contributed by atoms with Crippen LogP contribution in [0, 0.1) is 0 Å². The number of hydrogen-bond donors (Lipinski definition) is 5. The van der Waals surface area contributed by atoms with Gasteiger partial charge in [-0.3, -0.25) is 24.1 Å². The number of ketones is 1. The third-order valence-electron chi connectivity index (χ3n) is 7.99. The molecule has 2 heterocycles. The normalized spacial score (nSPS) is 22.8. The SMILES string of the molecule is COc1ccc(C(O)C(NC(=O)C(CO)NC(=O)CN2CCOCC2)C(=O)NC(CC2=CCCC2)C(=O)C2(C)CO2)cc1. The minimum Gasteiger partial charge on any atom is -0.497 e. The van der Waals surface area contributed by atoms with E-state index < -0.39 is 54.2 Å². The maximum absolute atomic E-state index is 13.8. The summed E-state index contributed by atoms with van der Waals surface area (Å²) in [6.45, 7) is 3.26. The molecule has 5 unspecified atom stereocenters. The number of carbonyl (C=O) groups excluding carboxylic acids is 4. The summed E-state index contributed by atoms with van der Waals surface area (Å²) in [6.07, 6.45) is 3.49. The lowest BCUT2D eigenvalue weighted by atomic mass is 9.93. The quantitative estimate of drug-likeness (QED) is 0.128. The molecule has 236 valence electrons. The molecule has 4 rings (SSSR count). The van der Waals surface area contributed by atoms with Gasteiger partial charge in [0.05, 0.1) is 46.1 Å². The van der Waals surface area contributed by atoms with Gasteiger partial charge in [0.1, 0.15) is 29.5 Å². The average Bonchev–Trinajstić information content (AvgIpc) is 3.56. The molecule has 13 heteroatoms. The van der Waals surface area contributed by atoms with E-state index in [1.807, 2.05) is 4.90 Å². The van der Waals surface area contributed by atoms with Crippen LogP contribution in [0.15, 0.2) is 35.9 Å². The van der Waals surface area contributed by atoms with Crippen molar-refractivity contribution in [3.63, 3.8) is 0 Å². The van der Waals surface area contributed by atoms with Crippen molar-refractivity contribution in [1.29, 1.82) is 0 Å². The molecule has 2 fully saturated rings. The van der Waals surface area contributed by atoms with Gasteiger partial charge in [0.2, 0.25) is 17.7 Å². The number of nitrogens with one attached hydrogen (secondary N) is 3. The molecule has 0 radical (unpaired) electrons. The fourth-order valence-electron chi connectivity index (χ4n) is 5.21. The fraction of sp³-hybridized carbons (Fsp3) is 0.600. The van der Waals surface area contributed by atoms with Crippen LogP contribution in [0.2, 0.25) is 0 Å². The van der Waals surface area contributed by atoms with Crippen molar-refractivity contribution < 1.29 is 43.6 Å². The number of carbonyl (C=O) groups is 4. The maximum atomic E-state index is 13.8. The number of Topliss-reactive ketones (excluding diaryl/α,β-unsaturated/α-hetero) is 1. The number of aliphatic hydroxyl groups is 2. The van der Waals surface area contributed by atoms with Crippen LogP contribution in [-0.4, -0.2) is 116 Å². The Balaban J connectivity index is 1.51. The Labute approximate surface area is 250 Å². The van der Waals surface area contributed by atoms with Crippen LogP contribution in [0.1, 0.15) is 44.3 Å². The summed E-state index contributed by atoms with van der Waals surface area (Å²) in [5, 5.41) is 29.0. The molecule has 1 aliphatic carbocycles. The van der Waals surface area contributed by atoms with E-state index in [0.717, 1.165) is 24.8 Å². The molecule has 3 aliphatic rings. The number of allylic oxidation sites excluding steroid dienone is 1. The summed E-state index contributed by atoms with van der Waals surface area (Å²) < 4.78 is 15.8. The summed E-state index contributed by atoms with van der Waals surface area (Å²) in [4.78, 5) is 54.9. The molecule has 2 aliphatic heterocycles. The van der Waals surface area contributed by atoms with Crippen LogP contribution in [-0.2, 0) is 28.7 Å². The fourth-order valence-corrected chi connectivity index (χ4v) is 5.21. The highest BCUT2D eigenvalue weighted by molar-refractivity contribution is 5.98. The van der Waals surface area contributed by atoms with Gasteiger partial charge in [-0.2, -0.15) is 0 Å². The highest BCUT2D eigenvalue weighted by atomic mass is 16.6. The molecule has 13 nitrogen and oxygen atoms in total. The lowest BCUT2D eigenvalue weighted by Crippen LogP contribution is -2.59. The molecule has 1 aromatic rings. The Hall–Kier alpha value is -3.36. The van der Waals surface area contributed by atoms with E-state index in [1.165, 1.54) is 7.11 Å². The molecule has 0 bridgehead atoms. The zero-order chi connectivity index (χ0) is 31.0. The van der Waals surface area contributed by atoms with Gasteiger partial charge in [0.25, 0.3) is 0 Å². The standard InChI is InChI=1S/C30H42N4O9/c1-30(18-43-30)27(38)22(15-19-5-3-4-6-19)32-29(40)25(26(37)20-7-9-21(41-2)10-8-20)33-28(39)23(17-35)31-24(36)16-34-11-13-42-14-12-34/h5,7-10,22-23,25-26,35,37H,3-4,6,11-18H2,1-2H3,(H,31,36)(H,32,40)(H,33,39). The van der Waals surface area contributed by atoms with Crippen LogP contribution in [0.4, 0.5) is 0 Å². The van der Waals surface area contributed by atoms with E-state index in [-0.39, 0.29) is 18.9 Å². The first kappa shape index (κ1) is 32.6. The second-order valence-electron chi connectivity index (χ2n) is 11.3. The van der Waals surface area contributed by atoms with Crippen molar-refractivity contribution in [3.8, 4) is 5.75 Å². The predicted octanol–water partition coefficient (Wildman–Crippen LogP) is -0.634. The first-order valence-corrected chi connectivity index (χ1v) is 14.6. The summed E-state index contributed by atoms with van der Waals surface area (Å²) in [7, 11) is 1.49. The van der Waals surface area contributed by atoms with Crippen molar-refractivity contribution in [2.24, 2.45) is 0 Å². The minimum absolute atomic E-state index is 0.00596. The number of morpholine rings is 1. The first-order chi connectivity index (χ1) is 20.6. The highest BCUT2D eigenvalue weighted by Gasteiger charge is 2.50. The molecule has 5 atom stereocenters. The first-order valence-electron chi connectivity index (χ1n) is 14.6. The van der Waals surface area contributed by atoms with E-state index in [4.69, 9.17) is 14.2 Å². The number of epoxide rings is 1. The average molecular weight is 603 g/mol. The second kappa shape index (κ2) is 14.9. The van der Waals surface area contributed by atoms with E-state index >= 15 is 0 Å². The van der Waals surface area contributed by atoms with Crippen molar-refractivity contribution >= 4 is 23.5 Å². The van der Waals surface area contributed by atoms with Crippen molar-refractivity contribution in [1.82, 2.24) is 20.9 Å². The molecule has 0 spiro atoms. The molecule has 3 amide bonds. The smallest absolute Gasteiger partial charge is 0.246 e. The van der Waals surface area contributed by atoms with Crippen LogP contribution in [0.3, 0.4) is 0 Å². The van der Waals surface area contributed by atoms with Gasteiger partial charge < -0.3 is 40.4 Å². The number of amides is 3. The van der Waals surface area contributed by atoms with Crippen LogP contribution < -0.4 is 20.7 Å². The van der Waals surface area contributed by atoms with E-state index in [0.29, 0.717) is 44.0 Å². The van der Waals surface area contributed by atoms with Gasteiger partial charge in [-0.15, -0.1) is 0 Å². The van der Waals surface area contributed by atoms with E-state index in [1.54, 1.807) is 31.2 Å². The third-order valence-corrected chi connectivity index (χ3v) is 7.99. The molecule has 43 heavy (non-hydrogen) atoms. The monoisotopic (exact) mass is 602 g/mol. The number of hydrogen-bond acceptors (Lipinski definition) is 10. The van der Waals surface area contributed by atoms with Crippen LogP contribution in [0.5, 0.6) is 5.75 Å². The third kappa shape index (κ3) is 8.83. The second-order valence-corrected chi connectivity index (χ2v) is 11.3. The number of aliphatic hydroxyl groups excluding tert-OH is 2. The predicted molar refractivity (Wildman–Crippen MR) is 154 cm³/mol. The van der Waals surface area contributed by atoms with Crippen LogP contribution >= 0.6 is 0 Å². The molecule has 0 aromatic heterocycles. The van der Waals surface area contributed by atoms with Gasteiger partial charge in [-0.25, -0.2) is 0 Å². The largest absolute Gasteiger partial charge is 0.497 e. The van der Waals surface area contributed by atoms with Crippen molar-refractivity contribution in [2.75, 3.05) is 53.2 Å². The van der Waals surface area contributed by atoms with Gasteiger partial charge in [0.15, 0.2) is 5.78 Å². The zero-order valence-corrected chi connectivity index (χ0v) is 24.7. The summed E-state index contributed by atoms with van der Waals surface area (Å²) in [5.41, 5.74) is 0.344. The lowest BCUT2D eigenvalue weighted by molar-refractivity contribution is -0.137. The number of nitrogens with zero attached hydrogens (tertiary/aromatic N) is 1. The molecule has 5 N–H and O–H groups in total. The van der Waals surface area contributed by atoms with E-state index in [2.05, 4.69) is 22.0 Å². The topological polar surface area (TPSA) is 179 Å². The van der Waals surface area contributed by atoms with Gasteiger partial charge in [-0.1, -0.05) is 23.8 Å². The summed E-state index contributed by atoms with van der Waals surface area (Å²) in [6, 6.07) is 2.42. The van der Waals surface area contributed by atoms with E-state index in [9.17, 15) is 29.4 Å². The Kier molecular flexibility index (Phi) is 11.3. The Morgan fingerprint density at radius 2 is 1.74 bits per heavy atom. The van der Waals surface area contributed by atoms with Gasteiger partial charge >= 0.3 is 0 Å². The van der Waals surface area contributed by atoms with Gasteiger partial charge in [-0.05, 0) is 50.3 Å².